The summed E-state index contributed by atoms with van der Waals surface area (Å²) in [4.78, 5) is 12.9. The van der Waals surface area contributed by atoms with Crippen molar-refractivity contribution in [3.05, 3.63) is 65.5 Å². The van der Waals surface area contributed by atoms with Gasteiger partial charge in [-0.2, -0.15) is 0 Å². The number of anilines is 1. The van der Waals surface area contributed by atoms with E-state index in [2.05, 4.69) is 10.1 Å². The largest absolute Gasteiger partial charge is 0.573 e. The zero-order valence-corrected chi connectivity index (χ0v) is 16.7. The monoisotopic (exact) mass is 432 g/mol. The number of ether oxygens (including phenoxy) is 3. The second-order valence-electron chi connectivity index (χ2n) is 6.95. The molecule has 9 heteroatoms. The van der Waals surface area contributed by atoms with Crippen molar-refractivity contribution in [1.29, 1.82) is 0 Å². The molecule has 2 heterocycles. The van der Waals surface area contributed by atoms with Crippen LogP contribution in [0.15, 0.2) is 48.5 Å². The van der Waals surface area contributed by atoms with Crippen LogP contribution in [-0.4, -0.2) is 30.1 Å². The third kappa shape index (κ3) is 4.30. The Morgan fingerprint density at radius 2 is 1.74 bits per heavy atom. The van der Waals surface area contributed by atoms with Gasteiger partial charge in [-0.15, -0.1) is 13.2 Å². The SMILES string of the molecule is Cc1cc(C(=O)Nc2ccccc2OC(F)(F)F)c(C)n1-c1ccc2c(c1)OCCO2. The van der Waals surface area contributed by atoms with Crippen LogP contribution < -0.4 is 19.5 Å². The Hall–Kier alpha value is -3.62. The topological polar surface area (TPSA) is 61.7 Å². The van der Waals surface area contributed by atoms with Gasteiger partial charge in [-0.25, -0.2) is 0 Å². The summed E-state index contributed by atoms with van der Waals surface area (Å²) in [6.07, 6.45) is -4.87. The van der Waals surface area contributed by atoms with Crippen LogP contribution in [0.3, 0.4) is 0 Å². The molecule has 1 aliphatic heterocycles. The van der Waals surface area contributed by atoms with Gasteiger partial charge >= 0.3 is 6.36 Å². The number of carbonyl (C=O) groups excluding carboxylic acids is 1. The fourth-order valence-corrected chi connectivity index (χ4v) is 3.53. The van der Waals surface area contributed by atoms with Gasteiger partial charge in [-0.1, -0.05) is 12.1 Å². The number of amides is 1. The molecular formula is C22H19F3N2O4. The van der Waals surface area contributed by atoms with Crippen LogP contribution in [0.25, 0.3) is 5.69 Å². The third-order valence-corrected chi connectivity index (χ3v) is 4.82. The van der Waals surface area contributed by atoms with E-state index in [0.717, 1.165) is 17.4 Å². The van der Waals surface area contributed by atoms with E-state index in [0.29, 0.717) is 36.0 Å². The number of aromatic nitrogens is 1. The molecule has 0 unspecified atom stereocenters. The highest BCUT2D eigenvalue weighted by Gasteiger charge is 2.32. The maximum atomic E-state index is 12.9. The van der Waals surface area contributed by atoms with E-state index in [9.17, 15) is 18.0 Å². The van der Waals surface area contributed by atoms with Crippen molar-refractivity contribution in [3.8, 4) is 22.9 Å². The van der Waals surface area contributed by atoms with Gasteiger partial charge in [0.2, 0.25) is 0 Å². The van der Waals surface area contributed by atoms with Gasteiger partial charge in [0.05, 0.1) is 11.3 Å². The van der Waals surface area contributed by atoms with Crippen molar-refractivity contribution in [1.82, 2.24) is 4.57 Å². The van der Waals surface area contributed by atoms with E-state index in [1.165, 1.54) is 18.2 Å². The average molecular weight is 432 g/mol. The zero-order valence-electron chi connectivity index (χ0n) is 16.7. The molecule has 0 aliphatic carbocycles. The van der Waals surface area contributed by atoms with Crippen molar-refractivity contribution >= 4 is 11.6 Å². The van der Waals surface area contributed by atoms with Gasteiger partial charge in [-0.3, -0.25) is 4.79 Å². The van der Waals surface area contributed by atoms with E-state index < -0.39 is 18.0 Å². The quantitative estimate of drug-likeness (QED) is 0.629. The molecule has 3 aromatic rings. The zero-order chi connectivity index (χ0) is 22.2. The lowest BCUT2D eigenvalue weighted by atomic mass is 10.2. The summed E-state index contributed by atoms with van der Waals surface area (Å²) in [5.74, 6) is 0.233. The lowest BCUT2D eigenvalue weighted by Crippen LogP contribution is -2.19. The van der Waals surface area contributed by atoms with E-state index in [1.807, 2.05) is 23.6 Å². The molecule has 0 spiro atoms. The molecule has 4 rings (SSSR count). The Balaban J connectivity index is 1.63. The number of nitrogens with zero attached hydrogens (tertiary/aromatic N) is 1. The summed E-state index contributed by atoms with van der Waals surface area (Å²) in [5.41, 5.74) is 2.43. The number of hydrogen-bond donors (Lipinski definition) is 1. The molecule has 162 valence electrons. The second-order valence-corrected chi connectivity index (χ2v) is 6.95. The Morgan fingerprint density at radius 1 is 1.03 bits per heavy atom. The lowest BCUT2D eigenvalue weighted by Gasteiger charge is -2.20. The first kappa shape index (κ1) is 20.6. The summed E-state index contributed by atoms with van der Waals surface area (Å²) in [6, 6.07) is 12.5. The molecule has 2 aromatic carbocycles. The Bertz CT molecular complexity index is 1140. The van der Waals surface area contributed by atoms with Crippen LogP contribution in [0.2, 0.25) is 0 Å². The number of para-hydroxylation sites is 2. The number of hydrogen-bond acceptors (Lipinski definition) is 4. The van der Waals surface area contributed by atoms with Gasteiger partial charge in [0.25, 0.3) is 5.91 Å². The van der Waals surface area contributed by atoms with Gasteiger partial charge in [0.15, 0.2) is 17.2 Å². The minimum absolute atomic E-state index is 0.0750. The fourth-order valence-electron chi connectivity index (χ4n) is 3.53. The third-order valence-electron chi connectivity index (χ3n) is 4.82. The van der Waals surface area contributed by atoms with Gasteiger partial charge < -0.3 is 24.1 Å². The van der Waals surface area contributed by atoms with Crippen LogP contribution in [0.4, 0.5) is 18.9 Å². The lowest BCUT2D eigenvalue weighted by molar-refractivity contribution is -0.274. The number of rotatable bonds is 4. The van der Waals surface area contributed by atoms with E-state index in [1.54, 1.807) is 19.1 Å². The maximum Gasteiger partial charge on any atom is 0.573 e. The summed E-state index contributed by atoms with van der Waals surface area (Å²) in [7, 11) is 0. The summed E-state index contributed by atoms with van der Waals surface area (Å²) < 4.78 is 55.0. The van der Waals surface area contributed by atoms with Crippen LogP contribution >= 0.6 is 0 Å². The highest BCUT2D eigenvalue weighted by atomic mass is 19.4. The van der Waals surface area contributed by atoms with Gasteiger partial charge in [0.1, 0.15) is 13.2 Å². The first-order valence-corrected chi connectivity index (χ1v) is 9.48. The summed E-state index contributed by atoms with van der Waals surface area (Å²) >= 11 is 0. The molecule has 31 heavy (non-hydrogen) atoms. The minimum atomic E-state index is -4.87. The Morgan fingerprint density at radius 3 is 2.48 bits per heavy atom. The molecular weight excluding hydrogens is 413 g/mol. The number of alkyl halides is 3. The molecule has 0 fully saturated rings. The van der Waals surface area contributed by atoms with Gasteiger partial charge in [0, 0.05) is 23.1 Å². The number of benzene rings is 2. The number of carbonyl (C=O) groups is 1. The van der Waals surface area contributed by atoms with Crippen LogP contribution in [-0.2, 0) is 0 Å². The van der Waals surface area contributed by atoms with E-state index in [-0.39, 0.29) is 5.69 Å². The van der Waals surface area contributed by atoms with Crippen molar-refractivity contribution in [2.75, 3.05) is 18.5 Å². The van der Waals surface area contributed by atoms with E-state index >= 15 is 0 Å². The Kier molecular flexibility index (Phi) is 5.26. The normalized spacial score (nSPS) is 13.1. The molecule has 0 radical (unpaired) electrons. The van der Waals surface area contributed by atoms with Crippen LogP contribution in [0.5, 0.6) is 17.2 Å². The van der Waals surface area contributed by atoms with Crippen molar-refractivity contribution in [2.24, 2.45) is 0 Å². The molecule has 1 amide bonds. The number of aryl methyl sites for hydroxylation is 1. The molecule has 1 N–H and O–H groups in total. The molecule has 6 nitrogen and oxygen atoms in total. The Labute approximate surface area is 176 Å². The van der Waals surface area contributed by atoms with Crippen LogP contribution in [0.1, 0.15) is 21.7 Å². The average Bonchev–Trinajstić information content (AvgIpc) is 3.02. The molecule has 1 aliphatic rings. The first-order chi connectivity index (χ1) is 14.7. The number of halogens is 3. The summed E-state index contributed by atoms with van der Waals surface area (Å²) in [5, 5.41) is 2.51. The molecule has 0 saturated heterocycles. The second kappa shape index (κ2) is 7.90. The van der Waals surface area contributed by atoms with Gasteiger partial charge in [-0.05, 0) is 44.2 Å². The number of nitrogens with one attached hydrogen (secondary N) is 1. The fraction of sp³-hybridized carbons (Fsp3) is 0.227. The smallest absolute Gasteiger partial charge is 0.486 e. The molecule has 0 bridgehead atoms. The molecule has 1 aromatic heterocycles. The van der Waals surface area contributed by atoms with Crippen molar-refractivity contribution in [3.63, 3.8) is 0 Å². The first-order valence-electron chi connectivity index (χ1n) is 9.48. The molecule has 0 atom stereocenters. The van der Waals surface area contributed by atoms with Crippen molar-refractivity contribution in [2.45, 2.75) is 20.2 Å². The van der Waals surface area contributed by atoms with E-state index in [4.69, 9.17) is 9.47 Å². The predicted octanol–water partition coefficient (Wildman–Crippen LogP) is 5.02. The highest BCUT2D eigenvalue weighted by molar-refractivity contribution is 6.06. The predicted molar refractivity (Wildman–Crippen MR) is 107 cm³/mol. The highest BCUT2D eigenvalue weighted by Crippen LogP contribution is 2.34. The number of fused-ring (bicyclic) bond motifs is 1. The maximum absolute atomic E-state index is 12.9. The summed E-state index contributed by atoms with van der Waals surface area (Å²) in [6.45, 7) is 4.53. The van der Waals surface area contributed by atoms with Crippen molar-refractivity contribution < 1.29 is 32.2 Å². The minimum Gasteiger partial charge on any atom is -0.486 e. The van der Waals surface area contributed by atoms with Crippen LogP contribution in [0, 0.1) is 13.8 Å². The molecule has 0 saturated carbocycles. The standard InChI is InChI=1S/C22H19F3N2O4/c1-13-11-16(21(28)26-17-5-3-4-6-18(17)31-22(23,24)25)14(2)27(13)15-7-8-19-20(12-15)30-10-9-29-19/h3-8,11-12H,9-10H2,1-2H3,(H,26,28).